The molecule has 8 nitrogen and oxygen atoms in total. The van der Waals surface area contributed by atoms with Gasteiger partial charge in [0.2, 0.25) is 17.2 Å². The lowest BCUT2D eigenvalue weighted by molar-refractivity contribution is -0.123. The van der Waals surface area contributed by atoms with Gasteiger partial charge in [0.05, 0.1) is 18.4 Å². The molecule has 1 aromatic heterocycles. The second-order valence-electron chi connectivity index (χ2n) is 6.61. The van der Waals surface area contributed by atoms with Crippen molar-refractivity contribution in [3.63, 3.8) is 0 Å². The Balaban J connectivity index is 1.97. The molecule has 10 heteroatoms. The molecular formula is C19H20F2N4O4. The number of aromatic nitrogens is 2. The number of carbonyl (C=O) groups excluding carboxylic acids is 2. The number of hydrogen-bond donors (Lipinski definition) is 1. The zero-order valence-corrected chi connectivity index (χ0v) is 15.7. The van der Waals surface area contributed by atoms with E-state index in [2.05, 4.69) is 5.10 Å². The van der Waals surface area contributed by atoms with E-state index < -0.39 is 28.9 Å². The van der Waals surface area contributed by atoms with Gasteiger partial charge < -0.3 is 15.4 Å². The molecule has 0 spiro atoms. The number of ether oxygens (including phenoxy) is 1. The van der Waals surface area contributed by atoms with Gasteiger partial charge in [0.1, 0.15) is 0 Å². The first-order valence-electron chi connectivity index (χ1n) is 9.13. The van der Waals surface area contributed by atoms with Gasteiger partial charge in [-0.15, -0.1) is 0 Å². The Hall–Kier alpha value is -3.30. The Morgan fingerprint density at radius 1 is 1.21 bits per heavy atom. The summed E-state index contributed by atoms with van der Waals surface area (Å²) in [6, 6.07) is 4.14. The molecule has 1 saturated heterocycles. The quantitative estimate of drug-likeness (QED) is 0.804. The van der Waals surface area contributed by atoms with Crippen molar-refractivity contribution < 1.29 is 23.1 Å². The van der Waals surface area contributed by atoms with Crippen LogP contribution in [0.1, 0.15) is 30.3 Å². The highest BCUT2D eigenvalue weighted by atomic mass is 19.2. The van der Waals surface area contributed by atoms with Crippen molar-refractivity contribution >= 4 is 11.8 Å². The summed E-state index contributed by atoms with van der Waals surface area (Å²) < 4.78 is 33.4. The largest absolute Gasteiger partial charge is 0.478 e. The summed E-state index contributed by atoms with van der Waals surface area (Å²) in [5, 5.41) is 4.07. The lowest BCUT2D eigenvalue weighted by Crippen LogP contribution is -2.43. The van der Waals surface area contributed by atoms with Crippen LogP contribution in [0.5, 0.6) is 5.88 Å². The Labute approximate surface area is 164 Å². The van der Waals surface area contributed by atoms with E-state index in [1.54, 1.807) is 6.92 Å². The Morgan fingerprint density at radius 3 is 2.48 bits per heavy atom. The van der Waals surface area contributed by atoms with E-state index in [0.29, 0.717) is 12.8 Å². The highest BCUT2D eigenvalue weighted by Crippen LogP contribution is 2.20. The van der Waals surface area contributed by atoms with Gasteiger partial charge >= 0.3 is 0 Å². The maximum atomic E-state index is 13.7. The minimum absolute atomic E-state index is 0.00695. The van der Waals surface area contributed by atoms with Crippen LogP contribution < -0.4 is 15.9 Å². The molecule has 1 aliphatic heterocycles. The summed E-state index contributed by atoms with van der Waals surface area (Å²) in [6.45, 7) is 2.39. The summed E-state index contributed by atoms with van der Waals surface area (Å²) in [4.78, 5) is 38.0. The van der Waals surface area contributed by atoms with Crippen molar-refractivity contribution in [1.82, 2.24) is 14.7 Å². The summed E-state index contributed by atoms with van der Waals surface area (Å²) >= 11 is 0. The smallest absolute Gasteiger partial charge is 0.278 e. The number of likely N-dealkylation sites (tertiary alicyclic amines) is 1. The van der Waals surface area contributed by atoms with E-state index in [0.717, 1.165) is 22.9 Å². The van der Waals surface area contributed by atoms with Crippen molar-refractivity contribution in [1.29, 1.82) is 0 Å². The average molecular weight is 406 g/mol. The highest BCUT2D eigenvalue weighted by molar-refractivity contribution is 5.92. The van der Waals surface area contributed by atoms with Gasteiger partial charge in [-0.2, -0.15) is 5.10 Å². The fourth-order valence-electron chi connectivity index (χ4n) is 3.16. The van der Waals surface area contributed by atoms with Crippen LogP contribution in [-0.4, -0.2) is 46.2 Å². The zero-order valence-electron chi connectivity index (χ0n) is 15.7. The summed E-state index contributed by atoms with van der Waals surface area (Å²) in [5.74, 6) is -3.50. The number of nitrogens with two attached hydrogens (primary N) is 1. The molecule has 2 N–H and O–H groups in total. The Morgan fingerprint density at radius 2 is 1.90 bits per heavy atom. The van der Waals surface area contributed by atoms with Crippen molar-refractivity contribution in [3.05, 3.63) is 51.8 Å². The third-order valence-corrected chi connectivity index (χ3v) is 4.72. The summed E-state index contributed by atoms with van der Waals surface area (Å²) in [5.41, 5.74) is 4.35. The van der Waals surface area contributed by atoms with Crippen LogP contribution in [0.15, 0.2) is 29.1 Å². The predicted molar refractivity (Wildman–Crippen MR) is 98.7 cm³/mol. The first-order chi connectivity index (χ1) is 13.8. The molecule has 0 atom stereocenters. The molecule has 0 unspecified atom stereocenters. The number of hydrogen-bond acceptors (Lipinski definition) is 5. The number of primary amides is 1. The van der Waals surface area contributed by atoms with Gasteiger partial charge in [-0.3, -0.25) is 14.4 Å². The minimum atomic E-state index is -1.10. The van der Waals surface area contributed by atoms with Crippen LogP contribution >= 0.6 is 0 Å². The molecule has 2 heterocycles. The Bertz CT molecular complexity index is 1000. The number of carbonyl (C=O) groups is 2. The number of rotatable bonds is 5. The summed E-state index contributed by atoms with van der Waals surface area (Å²) in [6.07, 6.45) is 0.797. The first-order valence-corrected chi connectivity index (χ1v) is 9.13. The molecule has 0 aliphatic carbocycles. The van der Waals surface area contributed by atoms with Crippen LogP contribution in [0.4, 0.5) is 8.78 Å². The maximum absolute atomic E-state index is 13.7. The molecule has 3 rings (SSSR count). The number of amides is 2. The minimum Gasteiger partial charge on any atom is -0.478 e. The molecule has 2 amide bonds. The molecule has 1 fully saturated rings. The zero-order chi connectivity index (χ0) is 21.1. The fraction of sp³-hybridized carbons (Fsp3) is 0.368. The molecular weight excluding hydrogens is 386 g/mol. The van der Waals surface area contributed by atoms with Crippen LogP contribution in [0.25, 0.3) is 5.69 Å². The maximum Gasteiger partial charge on any atom is 0.278 e. The van der Waals surface area contributed by atoms with Crippen LogP contribution in [0.3, 0.4) is 0 Å². The first kappa shape index (κ1) is 20.4. The monoisotopic (exact) mass is 406 g/mol. The summed E-state index contributed by atoms with van der Waals surface area (Å²) in [7, 11) is 0. The van der Waals surface area contributed by atoms with E-state index in [4.69, 9.17) is 10.5 Å². The molecule has 0 bridgehead atoms. The van der Waals surface area contributed by atoms with E-state index in [-0.39, 0.29) is 42.9 Å². The van der Waals surface area contributed by atoms with Crippen LogP contribution in [0.2, 0.25) is 0 Å². The van der Waals surface area contributed by atoms with Gasteiger partial charge in [0.15, 0.2) is 17.3 Å². The molecule has 2 aromatic rings. The third-order valence-electron chi connectivity index (χ3n) is 4.72. The molecule has 29 heavy (non-hydrogen) atoms. The lowest BCUT2D eigenvalue weighted by Gasteiger charge is -2.30. The van der Waals surface area contributed by atoms with Crippen molar-refractivity contribution in [2.75, 3.05) is 19.7 Å². The molecule has 1 aliphatic rings. The van der Waals surface area contributed by atoms with Crippen molar-refractivity contribution in [2.24, 2.45) is 11.7 Å². The van der Waals surface area contributed by atoms with Gasteiger partial charge in [-0.05, 0) is 31.9 Å². The number of benzene rings is 1. The number of halogens is 2. The average Bonchev–Trinajstić information content (AvgIpc) is 2.70. The normalized spacial score (nSPS) is 14.7. The molecule has 154 valence electrons. The van der Waals surface area contributed by atoms with Crippen molar-refractivity contribution in [3.8, 4) is 11.6 Å². The molecule has 0 radical (unpaired) electrons. The van der Waals surface area contributed by atoms with Gasteiger partial charge in [0, 0.05) is 25.1 Å². The number of piperidine rings is 1. The van der Waals surface area contributed by atoms with Crippen LogP contribution in [-0.2, 0) is 4.79 Å². The van der Waals surface area contributed by atoms with E-state index >= 15 is 0 Å². The third kappa shape index (κ3) is 4.25. The highest BCUT2D eigenvalue weighted by Gasteiger charge is 2.29. The van der Waals surface area contributed by atoms with Gasteiger partial charge in [0.25, 0.3) is 5.91 Å². The molecule has 1 aromatic carbocycles. The second kappa shape index (κ2) is 8.38. The predicted octanol–water partition coefficient (Wildman–Crippen LogP) is 1.25. The van der Waals surface area contributed by atoms with E-state index in [1.807, 2.05) is 0 Å². The SMILES string of the molecule is CCOc1cc(=O)c(C(=O)N2CCC(C(N)=O)CC2)nn1-c1ccc(F)c(F)c1. The van der Waals surface area contributed by atoms with Crippen LogP contribution in [0, 0.1) is 17.6 Å². The number of nitrogens with zero attached hydrogens (tertiary/aromatic N) is 3. The van der Waals surface area contributed by atoms with Gasteiger partial charge in [-0.25, -0.2) is 13.5 Å². The fourth-order valence-corrected chi connectivity index (χ4v) is 3.16. The standard InChI is InChI=1S/C19H20F2N4O4/c1-2-29-16-10-15(26)17(19(28)24-7-5-11(6-8-24)18(22)27)23-25(16)12-3-4-13(20)14(21)9-12/h3-4,9-11H,2,5-8H2,1H3,(H2,22,27). The topological polar surface area (TPSA) is 108 Å². The van der Waals surface area contributed by atoms with E-state index in [9.17, 15) is 23.2 Å². The van der Waals surface area contributed by atoms with Gasteiger partial charge in [-0.1, -0.05) is 0 Å². The Kier molecular flexibility index (Phi) is 5.90. The van der Waals surface area contributed by atoms with Crippen molar-refractivity contribution in [2.45, 2.75) is 19.8 Å². The second-order valence-corrected chi connectivity index (χ2v) is 6.61. The lowest BCUT2D eigenvalue weighted by atomic mass is 9.96. The molecule has 0 saturated carbocycles. The van der Waals surface area contributed by atoms with E-state index in [1.165, 1.54) is 11.0 Å².